The van der Waals surface area contributed by atoms with Gasteiger partial charge in [-0.2, -0.15) is 0 Å². The molecule has 0 aromatic carbocycles. The van der Waals surface area contributed by atoms with Gasteiger partial charge in [0, 0.05) is 31.3 Å². The molecule has 2 aromatic rings. The number of nitrogens with zero attached hydrogens (tertiary/aromatic N) is 2. The van der Waals surface area contributed by atoms with E-state index in [2.05, 4.69) is 34.4 Å². The molecule has 1 saturated carbocycles. The number of hydrogen-bond acceptors (Lipinski definition) is 6. The summed E-state index contributed by atoms with van der Waals surface area (Å²) in [6.07, 6.45) is 8.89. The minimum absolute atomic E-state index is 0.0561. The molecule has 2 aromatic heterocycles. The van der Waals surface area contributed by atoms with Gasteiger partial charge in [-0.15, -0.1) is 0 Å². The molecule has 25 heavy (non-hydrogen) atoms. The molecule has 0 aliphatic heterocycles. The van der Waals surface area contributed by atoms with Gasteiger partial charge < -0.3 is 9.29 Å². The maximum atomic E-state index is 11.5. The van der Waals surface area contributed by atoms with Gasteiger partial charge in [-0.25, -0.2) is 9.97 Å². The number of rotatable bonds is 7. The number of aromatic nitrogens is 2. The largest absolute Gasteiger partial charge is 0.616 e. The lowest BCUT2D eigenvalue weighted by Crippen LogP contribution is -2.42. The van der Waals surface area contributed by atoms with Crippen LogP contribution in [0.2, 0.25) is 5.15 Å². The van der Waals surface area contributed by atoms with Gasteiger partial charge in [-0.3, -0.25) is 4.72 Å². The predicted molar refractivity (Wildman–Crippen MR) is 106 cm³/mol. The lowest BCUT2D eigenvalue weighted by atomic mass is 9.95. The highest BCUT2D eigenvalue weighted by Gasteiger charge is 2.38. The van der Waals surface area contributed by atoms with Gasteiger partial charge in [0.05, 0.1) is 11.6 Å². The Morgan fingerprint density at radius 2 is 2.16 bits per heavy atom. The highest BCUT2D eigenvalue weighted by Crippen LogP contribution is 2.36. The molecule has 8 heteroatoms. The van der Waals surface area contributed by atoms with E-state index in [1.54, 1.807) is 12.5 Å². The van der Waals surface area contributed by atoms with Gasteiger partial charge in [0.1, 0.15) is 16.5 Å². The van der Waals surface area contributed by atoms with Gasteiger partial charge in [0.25, 0.3) is 0 Å². The third kappa shape index (κ3) is 4.17. The first kappa shape index (κ1) is 19.0. The van der Waals surface area contributed by atoms with E-state index >= 15 is 0 Å². The van der Waals surface area contributed by atoms with Crippen molar-refractivity contribution < 1.29 is 9.29 Å². The van der Waals surface area contributed by atoms with Crippen LogP contribution in [0.1, 0.15) is 44.2 Å². The predicted octanol–water partition coefficient (Wildman–Crippen LogP) is 3.85. The summed E-state index contributed by atoms with van der Waals surface area (Å²) in [5.41, 5.74) is 1.03. The number of pyridine rings is 2. The Kier molecular flexibility index (Phi) is 6.33. The number of fused-ring (bicyclic) bond motifs is 1. The van der Waals surface area contributed by atoms with E-state index in [0.717, 1.165) is 42.0 Å². The number of hydrogen-bond donors (Lipinski definition) is 2. The van der Waals surface area contributed by atoms with Crippen LogP contribution in [0.15, 0.2) is 18.5 Å². The normalized spacial score (nSPS) is 22.4. The number of halogens is 1. The zero-order valence-electron chi connectivity index (χ0n) is 14.2. The summed E-state index contributed by atoms with van der Waals surface area (Å²) < 4.78 is 20.6. The fourth-order valence-electron chi connectivity index (χ4n) is 3.10. The Balaban J connectivity index is 1.91. The van der Waals surface area contributed by atoms with Gasteiger partial charge >= 0.3 is 0 Å². The Hall–Kier alpha value is -0.730. The standard InChI is InChI=1S/C17H22ClN3O2S2/c1-3-4-15(21-24)13-8-20-17(14-9-19-16(18)7-12(13)14)23-10-5-11(6-10)25(2)22/h7-11,15,21,24H,3-6H2,1-2H3. The summed E-state index contributed by atoms with van der Waals surface area (Å²) in [4.78, 5) is 8.72. The second-order valence-corrected chi connectivity index (χ2v) is 8.68. The molecule has 136 valence electrons. The first-order chi connectivity index (χ1) is 12.0. The SMILES string of the molecule is CCCC(NS)c1cnc(OC2CC([S+](C)[O-])C2)c2cnc(Cl)cc12. The molecule has 0 bridgehead atoms. The Labute approximate surface area is 161 Å². The van der Waals surface area contributed by atoms with Gasteiger partial charge in [-0.05, 0) is 23.4 Å². The average Bonchev–Trinajstić information content (AvgIpc) is 2.55. The van der Waals surface area contributed by atoms with Crippen molar-refractivity contribution in [2.24, 2.45) is 0 Å². The summed E-state index contributed by atoms with van der Waals surface area (Å²) in [6, 6.07) is 1.92. The molecule has 0 saturated heterocycles. The minimum Gasteiger partial charge on any atom is -0.616 e. The maximum Gasteiger partial charge on any atom is 0.223 e. The maximum absolute atomic E-state index is 11.5. The topological polar surface area (TPSA) is 70.1 Å². The molecule has 2 unspecified atom stereocenters. The van der Waals surface area contributed by atoms with Crippen LogP contribution < -0.4 is 9.46 Å². The smallest absolute Gasteiger partial charge is 0.223 e. The second-order valence-electron chi connectivity index (χ2n) is 6.37. The molecule has 1 N–H and O–H groups in total. The van der Waals surface area contributed by atoms with Crippen molar-refractivity contribution in [3.05, 3.63) is 29.2 Å². The van der Waals surface area contributed by atoms with Crippen LogP contribution in [-0.2, 0) is 11.2 Å². The summed E-state index contributed by atoms with van der Waals surface area (Å²) >= 11 is 9.59. The van der Waals surface area contributed by atoms with Crippen molar-refractivity contribution in [3.63, 3.8) is 0 Å². The number of ether oxygens (including phenoxy) is 1. The molecule has 1 aliphatic rings. The average molecular weight is 400 g/mol. The Bertz CT molecular complexity index is 741. The number of nitrogens with one attached hydrogen (secondary N) is 1. The monoisotopic (exact) mass is 399 g/mol. The molecule has 0 amide bonds. The highest BCUT2D eigenvalue weighted by atomic mass is 35.5. The molecular weight excluding hydrogens is 378 g/mol. The number of thiol groups is 1. The van der Waals surface area contributed by atoms with E-state index in [1.807, 2.05) is 12.3 Å². The lowest BCUT2D eigenvalue weighted by molar-refractivity contribution is 0.119. The summed E-state index contributed by atoms with van der Waals surface area (Å²) in [5, 5.41) is 2.48. The van der Waals surface area contributed by atoms with E-state index in [-0.39, 0.29) is 17.4 Å². The zero-order valence-corrected chi connectivity index (χ0v) is 16.7. The Morgan fingerprint density at radius 3 is 2.80 bits per heavy atom. The third-order valence-electron chi connectivity index (χ3n) is 4.64. The zero-order chi connectivity index (χ0) is 18.0. The van der Waals surface area contributed by atoms with E-state index in [9.17, 15) is 4.55 Å². The quantitative estimate of drug-likeness (QED) is 0.420. The van der Waals surface area contributed by atoms with E-state index in [4.69, 9.17) is 16.3 Å². The van der Waals surface area contributed by atoms with Gasteiger partial charge in [-0.1, -0.05) is 48.9 Å². The Morgan fingerprint density at radius 1 is 1.40 bits per heavy atom. The summed E-state index contributed by atoms with van der Waals surface area (Å²) in [6.45, 7) is 2.13. The van der Waals surface area contributed by atoms with E-state index < -0.39 is 11.2 Å². The molecule has 2 atom stereocenters. The summed E-state index contributed by atoms with van der Waals surface area (Å²) in [7, 11) is 0. The first-order valence-corrected chi connectivity index (χ1v) is 10.8. The lowest BCUT2D eigenvalue weighted by Gasteiger charge is -2.34. The molecule has 0 radical (unpaired) electrons. The molecule has 0 spiro atoms. The van der Waals surface area contributed by atoms with E-state index in [0.29, 0.717) is 11.0 Å². The van der Waals surface area contributed by atoms with Crippen molar-refractivity contribution in [1.29, 1.82) is 0 Å². The van der Waals surface area contributed by atoms with Crippen molar-refractivity contribution in [2.45, 2.75) is 50.0 Å². The molecular formula is C17H22ClN3O2S2. The van der Waals surface area contributed by atoms with Crippen LogP contribution >= 0.6 is 24.4 Å². The highest BCUT2D eigenvalue weighted by molar-refractivity contribution is 7.91. The molecule has 1 aliphatic carbocycles. The molecule has 5 nitrogen and oxygen atoms in total. The second kappa shape index (κ2) is 8.31. The van der Waals surface area contributed by atoms with Crippen LogP contribution in [0.3, 0.4) is 0 Å². The van der Waals surface area contributed by atoms with Crippen LogP contribution in [0.4, 0.5) is 0 Å². The van der Waals surface area contributed by atoms with Crippen LogP contribution in [0, 0.1) is 0 Å². The van der Waals surface area contributed by atoms with Crippen molar-refractivity contribution in [3.8, 4) is 5.88 Å². The summed E-state index contributed by atoms with van der Waals surface area (Å²) in [5.74, 6) is 0.558. The molecule has 3 rings (SSSR count). The van der Waals surface area contributed by atoms with Crippen LogP contribution in [0.25, 0.3) is 10.8 Å². The first-order valence-electron chi connectivity index (χ1n) is 8.36. The van der Waals surface area contributed by atoms with Gasteiger partial charge in [0.2, 0.25) is 5.88 Å². The van der Waals surface area contributed by atoms with Crippen LogP contribution in [0.5, 0.6) is 5.88 Å². The molecule has 1 fully saturated rings. The molecule has 2 heterocycles. The fourth-order valence-corrected chi connectivity index (χ4v) is 4.50. The van der Waals surface area contributed by atoms with Crippen LogP contribution in [-0.4, -0.2) is 32.1 Å². The minimum atomic E-state index is -0.793. The van der Waals surface area contributed by atoms with E-state index in [1.165, 1.54) is 0 Å². The van der Waals surface area contributed by atoms with Crippen molar-refractivity contribution in [2.75, 3.05) is 6.26 Å². The van der Waals surface area contributed by atoms with Crippen molar-refractivity contribution >= 4 is 46.4 Å². The third-order valence-corrected chi connectivity index (χ3v) is 6.48. The van der Waals surface area contributed by atoms with Crippen molar-refractivity contribution in [1.82, 2.24) is 14.7 Å². The fraction of sp³-hybridized carbons (Fsp3) is 0.529. The van der Waals surface area contributed by atoms with Gasteiger partial charge in [0.15, 0.2) is 0 Å².